The summed E-state index contributed by atoms with van der Waals surface area (Å²) in [5.74, 6) is -0.276. The largest absolute Gasteiger partial charge is 0.494 e. The van der Waals surface area contributed by atoms with E-state index < -0.39 is 15.8 Å². The minimum atomic E-state index is -4.02. The Kier molecular flexibility index (Phi) is 3.97. The van der Waals surface area contributed by atoms with E-state index in [-0.39, 0.29) is 22.8 Å². The van der Waals surface area contributed by atoms with Gasteiger partial charge in [-0.1, -0.05) is 0 Å². The molecule has 0 saturated carbocycles. The fraction of sp³-hybridized carbons (Fsp3) is 0.333. The van der Waals surface area contributed by atoms with Crippen molar-refractivity contribution < 1.29 is 17.5 Å². The zero-order valence-electron chi connectivity index (χ0n) is 11.7. The van der Waals surface area contributed by atoms with Crippen LogP contribution in [0.3, 0.4) is 0 Å². The van der Waals surface area contributed by atoms with E-state index >= 15 is 0 Å². The summed E-state index contributed by atoms with van der Waals surface area (Å²) >= 11 is 0. The third-order valence-electron chi connectivity index (χ3n) is 2.85. The number of nitrogens with two attached hydrogens (primary N) is 1. The molecule has 0 radical (unpaired) electrons. The molecule has 1 aromatic carbocycles. The number of halogens is 1. The van der Waals surface area contributed by atoms with Gasteiger partial charge in [0, 0.05) is 11.6 Å². The topological polar surface area (TPSA) is 100 Å². The summed E-state index contributed by atoms with van der Waals surface area (Å²) in [6, 6.07) is 3.93. The third-order valence-corrected chi connectivity index (χ3v) is 3.63. The van der Waals surface area contributed by atoms with Crippen molar-refractivity contribution in [3.05, 3.63) is 24.0 Å². The highest BCUT2D eigenvalue weighted by Gasteiger charge is 2.24. The van der Waals surface area contributed by atoms with E-state index in [1.807, 2.05) is 0 Å². The van der Waals surface area contributed by atoms with Crippen LogP contribution in [-0.2, 0) is 10.0 Å². The van der Waals surface area contributed by atoms with E-state index in [1.54, 1.807) is 19.9 Å². The highest BCUT2D eigenvalue weighted by Crippen LogP contribution is 2.27. The Morgan fingerprint density at radius 3 is 2.48 bits per heavy atom. The molecular weight excluding hydrogens is 299 g/mol. The van der Waals surface area contributed by atoms with E-state index in [2.05, 4.69) is 10.2 Å². The van der Waals surface area contributed by atoms with Gasteiger partial charge in [0.25, 0.3) is 15.2 Å². The summed E-state index contributed by atoms with van der Waals surface area (Å²) < 4.78 is 43.0. The van der Waals surface area contributed by atoms with Crippen LogP contribution >= 0.6 is 0 Å². The first-order valence-electron chi connectivity index (χ1n) is 6.07. The van der Waals surface area contributed by atoms with Gasteiger partial charge in [0.1, 0.15) is 0 Å². The number of benzene rings is 1. The Morgan fingerprint density at radius 2 is 2.00 bits per heavy atom. The fourth-order valence-electron chi connectivity index (χ4n) is 1.94. The number of ether oxygens (including phenoxy) is 1. The zero-order chi connectivity index (χ0) is 15.8. The van der Waals surface area contributed by atoms with E-state index in [1.165, 1.54) is 23.8 Å². The van der Waals surface area contributed by atoms with Gasteiger partial charge in [-0.3, -0.25) is 4.57 Å². The molecule has 9 heteroatoms. The van der Waals surface area contributed by atoms with Crippen LogP contribution < -0.4 is 9.88 Å². The molecule has 0 aliphatic carbocycles. The second-order valence-corrected chi connectivity index (χ2v) is 6.12. The fourth-order valence-corrected chi connectivity index (χ4v) is 2.66. The number of aromatic nitrogens is 3. The number of hydrogen-bond donors (Lipinski definition) is 1. The molecule has 0 aliphatic rings. The van der Waals surface area contributed by atoms with Gasteiger partial charge in [-0.05, 0) is 32.0 Å². The van der Waals surface area contributed by atoms with Crippen LogP contribution in [0.4, 0.5) is 4.39 Å². The highest BCUT2D eigenvalue weighted by molar-refractivity contribution is 7.89. The smallest absolute Gasteiger partial charge is 0.273 e. The van der Waals surface area contributed by atoms with Crippen molar-refractivity contribution in [2.45, 2.75) is 25.0 Å². The molecule has 0 atom stereocenters. The van der Waals surface area contributed by atoms with Crippen LogP contribution in [0, 0.1) is 5.82 Å². The molecule has 7 nitrogen and oxygen atoms in total. The van der Waals surface area contributed by atoms with Gasteiger partial charge in [-0.2, -0.15) is 0 Å². The second kappa shape index (κ2) is 5.41. The molecule has 114 valence electrons. The summed E-state index contributed by atoms with van der Waals surface area (Å²) in [5, 5.41) is 12.2. The Labute approximate surface area is 121 Å². The standard InChI is InChI=1S/C12H15FN4O3S/c1-7(2)17-11(15-16-12(17)21(14,18)19)8-4-5-10(20-3)9(13)6-8/h4-7H,1-3H3,(H2,14,18,19). The van der Waals surface area contributed by atoms with Gasteiger partial charge in [0.05, 0.1) is 7.11 Å². The van der Waals surface area contributed by atoms with E-state index in [0.717, 1.165) is 0 Å². The van der Waals surface area contributed by atoms with Crippen molar-refractivity contribution in [1.82, 2.24) is 14.8 Å². The third kappa shape index (κ3) is 2.88. The summed E-state index contributed by atoms with van der Waals surface area (Å²) in [6.45, 7) is 3.50. The molecule has 0 saturated heterocycles. The minimum Gasteiger partial charge on any atom is -0.494 e. The average molecular weight is 314 g/mol. The number of sulfonamides is 1. The van der Waals surface area contributed by atoms with Crippen molar-refractivity contribution in [3.8, 4) is 17.1 Å². The van der Waals surface area contributed by atoms with Crippen LogP contribution in [0.25, 0.3) is 11.4 Å². The maximum Gasteiger partial charge on any atom is 0.273 e. The summed E-state index contributed by atoms with van der Waals surface area (Å²) in [6.07, 6.45) is 0. The van der Waals surface area contributed by atoms with Crippen LogP contribution in [0.15, 0.2) is 23.4 Å². The lowest BCUT2D eigenvalue weighted by molar-refractivity contribution is 0.386. The van der Waals surface area contributed by atoms with Gasteiger partial charge in [-0.25, -0.2) is 17.9 Å². The van der Waals surface area contributed by atoms with Crippen molar-refractivity contribution in [3.63, 3.8) is 0 Å². The van der Waals surface area contributed by atoms with E-state index in [4.69, 9.17) is 9.88 Å². The van der Waals surface area contributed by atoms with Crippen molar-refractivity contribution in [1.29, 1.82) is 0 Å². The maximum atomic E-state index is 13.8. The molecule has 21 heavy (non-hydrogen) atoms. The second-order valence-electron chi connectivity index (χ2n) is 4.66. The quantitative estimate of drug-likeness (QED) is 0.917. The molecule has 0 spiro atoms. The Bertz CT molecular complexity index is 771. The zero-order valence-corrected chi connectivity index (χ0v) is 12.6. The Morgan fingerprint density at radius 1 is 1.33 bits per heavy atom. The lowest BCUT2D eigenvalue weighted by Crippen LogP contribution is -2.20. The first kappa shape index (κ1) is 15.4. The molecule has 0 fully saturated rings. The van der Waals surface area contributed by atoms with Crippen molar-refractivity contribution in [2.24, 2.45) is 5.14 Å². The van der Waals surface area contributed by atoms with Gasteiger partial charge in [0.2, 0.25) is 0 Å². The molecule has 2 rings (SSSR count). The van der Waals surface area contributed by atoms with Gasteiger partial charge >= 0.3 is 0 Å². The van der Waals surface area contributed by atoms with Gasteiger partial charge in [-0.15, -0.1) is 10.2 Å². The summed E-state index contributed by atoms with van der Waals surface area (Å²) in [4.78, 5) is 0. The molecule has 0 bridgehead atoms. The van der Waals surface area contributed by atoms with Gasteiger partial charge < -0.3 is 4.74 Å². The first-order valence-corrected chi connectivity index (χ1v) is 7.62. The maximum absolute atomic E-state index is 13.8. The van der Waals surface area contributed by atoms with Crippen LogP contribution in [0.5, 0.6) is 5.75 Å². The lowest BCUT2D eigenvalue weighted by Gasteiger charge is -2.13. The normalized spacial score (nSPS) is 11.9. The Hall–Kier alpha value is -2.00. The monoisotopic (exact) mass is 314 g/mol. The number of hydrogen-bond acceptors (Lipinski definition) is 5. The molecule has 1 aromatic heterocycles. The Balaban J connectivity index is 2.65. The number of rotatable bonds is 4. The van der Waals surface area contributed by atoms with Crippen LogP contribution in [0.2, 0.25) is 0 Å². The molecule has 0 amide bonds. The molecular formula is C12H15FN4O3S. The van der Waals surface area contributed by atoms with Crippen LogP contribution in [0.1, 0.15) is 19.9 Å². The van der Waals surface area contributed by atoms with Crippen molar-refractivity contribution in [2.75, 3.05) is 7.11 Å². The lowest BCUT2D eigenvalue weighted by atomic mass is 10.2. The SMILES string of the molecule is COc1ccc(-c2nnc(S(N)(=O)=O)n2C(C)C)cc1F. The molecule has 2 aromatic rings. The molecule has 0 unspecified atom stereocenters. The summed E-state index contributed by atoms with van der Waals surface area (Å²) in [5.41, 5.74) is 0.379. The molecule has 2 N–H and O–H groups in total. The molecule has 1 heterocycles. The summed E-state index contributed by atoms with van der Waals surface area (Å²) in [7, 11) is -2.66. The average Bonchev–Trinajstić information content (AvgIpc) is 2.83. The van der Waals surface area contributed by atoms with E-state index in [0.29, 0.717) is 5.56 Å². The van der Waals surface area contributed by atoms with Gasteiger partial charge in [0.15, 0.2) is 17.4 Å². The minimum absolute atomic E-state index is 0.0843. The number of methoxy groups -OCH3 is 1. The predicted octanol–water partition coefficient (Wildman–Crippen LogP) is 1.32. The van der Waals surface area contributed by atoms with Crippen LogP contribution in [-0.4, -0.2) is 30.3 Å². The molecule has 0 aliphatic heterocycles. The first-order chi connectivity index (χ1) is 9.75. The highest BCUT2D eigenvalue weighted by atomic mass is 32.2. The van der Waals surface area contributed by atoms with E-state index in [9.17, 15) is 12.8 Å². The number of nitrogens with zero attached hydrogens (tertiary/aromatic N) is 3. The number of primary sulfonamides is 1. The predicted molar refractivity (Wildman–Crippen MR) is 73.7 cm³/mol. The van der Waals surface area contributed by atoms with Crippen molar-refractivity contribution >= 4 is 10.0 Å².